The van der Waals surface area contributed by atoms with Crippen LogP contribution in [0.3, 0.4) is 0 Å². The molecule has 2 aliphatic heterocycles. The summed E-state index contributed by atoms with van der Waals surface area (Å²) in [6.45, 7) is 6.54. The predicted octanol–water partition coefficient (Wildman–Crippen LogP) is 5.60. The van der Waals surface area contributed by atoms with Crippen LogP contribution in [0, 0.1) is 13.8 Å². The summed E-state index contributed by atoms with van der Waals surface area (Å²) >= 11 is 0. The second kappa shape index (κ2) is 8.85. The SMILES string of the molecule is Cc1cc(-c2cnc([C@@H]3CCCN3)[nH]2)ccc1-c1ccc(-c2cnc([C@@H]3CCCN3)[nH]2)cc1C. The summed E-state index contributed by atoms with van der Waals surface area (Å²) in [6.07, 6.45) is 8.65. The van der Waals surface area contributed by atoms with E-state index in [1.165, 1.54) is 46.2 Å². The van der Waals surface area contributed by atoms with Gasteiger partial charge in [-0.3, -0.25) is 0 Å². The third-order valence-electron chi connectivity index (χ3n) is 7.34. The lowest BCUT2D eigenvalue weighted by molar-refractivity contribution is 0.613. The fourth-order valence-corrected chi connectivity index (χ4v) is 5.42. The Morgan fingerprint density at radius 3 is 1.53 bits per heavy atom. The Hall–Kier alpha value is -3.22. The van der Waals surface area contributed by atoms with Crippen LogP contribution in [0.2, 0.25) is 0 Å². The number of hydrogen-bond donors (Lipinski definition) is 4. The number of hydrogen-bond acceptors (Lipinski definition) is 4. The lowest BCUT2D eigenvalue weighted by Crippen LogP contribution is -2.14. The third kappa shape index (κ3) is 3.97. The highest BCUT2D eigenvalue weighted by atomic mass is 15.0. The van der Waals surface area contributed by atoms with Gasteiger partial charge in [0.25, 0.3) is 0 Å². The van der Waals surface area contributed by atoms with Crippen LogP contribution < -0.4 is 10.6 Å². The van der Waals surface area contributed by atoms with Gasteiger partial charge in [0.05, 0.1) is 35.9 Å². The first-order valence-corrected chi connectivity index (χ1v) is 12.4. The first-order chi connectivity index (χ1) is 16.7. The second-order valence-corrected chi connectivity index (χ2v) is 9.72. The van der Waals surface area contributed by atoms with E-state index in [9.17, 15) is 0 Å². The van der Waals surface area contributed by atoms with Gasteiger partial charge in [0.15, 0.2) is 0 Å². The van der Waals surface area contributed by atoms with Crippen molar-refractivity contribution < 1.29 is 0 Å². The molecule has 2 fully saturated rings. The lowest BCUT2D eigenvalue weighted by Gasteiger charge is -2.12. The summed E-state index contributed by atoms with van der Waals surface area (Å²) in [5.41, 5.74) is 9.58. The van der Waals surface area contributed by atoms with E-state index in [2.05, 4.69) is 80.8 Å². The molecule has 0 unspecified atom stereocenters. The van der Waals surface area contributed by atoms with Crippen LogP contribution >= 0.6 is 0 Å². The normalized spacial score (nSPS) is 20.3. The van der Waals surface area contributed by atoms with E-state index in [0.717, 1.165) is 49.0 Å². The fraction of sp³-hybridized carbons (Fsp3) is 0.357. The van der Waals surface area contributed by atoms with E-state index in [1.807, 2.05) is 12.4 Å². The molecule has 6 rings (SSSR count). The average molecular weight is 453 g/mol. The summed E-state index contributed by atoms with van der Waals surface area (Å²) in [5.74, 6) is 2.10. The molecule has 4 heterocycles. The molecule has 2 aliphatic rings. The molecule has 0 bridgehead atoms. The quantitative estimate of drug-likeness (QED) is 0.318. The van der Waals surface area contributed by atoms with Crippen molar-refractivity contribution in [1.82, 2.24) is 30.6 Å². The monoisotopic (exact) mass is 452 g/mol. The molecular weight excluding hydrogens is 420 g/mol. The molecule has 0 spiro atoms. The zero-order valence-corrected chi connectivity index (χ0v) is 19.9. The highest BCUT2D eigenvalue weighted by Gasteiger charge is 2.20. The maximum absolute atomic E-state index is 4.63. The maximum Gasteiger partial charge on any atom is 0.123 e. The molecule has 2 aromatic heterocycles. The highest BCUT2D eigenvalue weighted by molar-refractivity contribution is 5.76. The van der Waals surface area contributed by atoms with Crippen LogP contribution in [0.5, 0.6) is 0 Å². The maximum atomic E-state index is 4.63. The number of nitrogens with one attached hydrogen (secondary N) is 4. The molecule has 2 saturated heterocycles. The zero-order valence-electron chi connectivity index (χ0n) is 19.9. The van der Waals surface area contributed by atoms with E-state index in [0.29, 0.717) is 12.1 Å². The summed E-state index contributed by atoms with van der Waals surface area (Å²) in [5, 5.41) is 7.03. The molecule has 2 aromatic carbocycles. The Morgan fingerprint density at radius 1 is 0.676 bits per heavy atom. The summed E-state index contributed by atoms with van der Waals surface area (Å²) < 4.78 is 0. The van der Waals surface area contributed by atoms with E-state index < -0.39 is 0 Å². The Morgan fingerprint density at radius 2 is 1.15 bits per heavy atom. The van der Waals surface area contributed by atoms with Crippen LogP contribution in [0.15, 0.2) is 48.8 Å². The summed E-state index contributed by atoms with van der Waals surface area (Å²) in [4.78, 5) is 16.3. The smallest absolute Gasteiger partial charge is 0.123 e. The van der Waals surface area contributed by atoms with Crippen molar-refractivity contribution in [2.45, 2.75) is 51.6 Å². The fourth-order valence-electron chi connectivity index (χ4n) is 5.42. The van der Waals surface area contributed by atoms with Crippen molar-refractivity contribution >= 4 is 0 Å². The van der Waals surface area contributed by atoms with Crippen LogP contribution in [0.25, 0.3) is 33.6 Å². The van der Waals surface area contributed by atoms with Crippen molar-refractivity contribution in [3.05, 3.63) is 71.6 Å². The van der Waals surface area contributed by atoms with Crippen LogP contribution in [-0.2, 0) is 0 Å². The van der Waals surface area contributed by atoms with Gasteiger partial charge in [0.1, 0.15) is 11.6 Å². The molecular formula is C28H32N6. The Kier molecular flexibility index (Phi) is 5.55. The van der Waals surface area contributed by atoms with E-state index in [4.69, 9.17) is 0 Å². The molecule has 4 N–H and O–H groups in total. The van der Waals surface area contributed by atoms with Crippen molar-refractivity contribution in [2.24, 2.45) is 0 Å². The second-order valence-electron chi connectivity index (χ2n) is 9.72. The van der Waals surface area contributed by atoms with Gasteiger partial charge in [-0.1, -0.05) is 24.3 Å². The number of rotatable bonds is 5. The van der Waals surface area contributed by atoms with E-state index in [1.54, 1.807) is 0 Å². The number of benzene rings is 2. The van der Waals surface area contributed by atoms with Gasteiger partial charge in [0.2, 0.25) is 0 Å². The van der Waals surface area contributed by atoms with Crippen molar-refractivity contribution in [1.29, 1.82) is 0 Å². The molecule has 0 aliphatic carbocycles. The topological polar surface area (TPSA) is 81.4 Å². The number of imidazole rings is 2. The minimum absolute atomic E-state index is 0.357. The van der Waals surface area contributed by atoms with Crippen molar-refractivity contribution in [2.75, 3.05) is 13.1 Å². The zero-order chi connectivity index (χ0) is 23.1. The van der Waals surface area contributed by atoms with Gasteiger partial charge in [-0.25, -0.2) is 9.97 Å². The van der Waals surface area contributed by atoms with E-state index >= 15 is 0 Å². The number of aryl methyl sites for hydroxylation is 2. The molecule has 6 heteroatoms. The minimum Gasteiger partial charge on any atom is -0.341 e. The van der Waals surface area contributed by atoms with Gasteiger partial charge in [-0.05, 0) is 98.1 Å². The number of H-pyrrole nitrogens is 2. The molecule has 34 heavy (non-hydrogen) atoms. The summed E-state index contributed by atoms with van der Waals surface area (Å²) in [6, 6.07) is 14.1. The Labute approximate surface area is 200 Å². The minimum atomic E-state index is 0.357. The van der Waals surface area contributed by atoms with Crippen LogP contribution in [0.1, 0.15) is 60.5 Å². The molecule has 6 nitrogen and oxygen atoms in total. The van der Waals surface area contributed by atoms with Crippen molar-refractivity contribution in [3.8, 4) is 33.6 Å². The lowest BCUT2D eigenvalue weighted by atomic mass is 9.93. The molecule has 174 valence electrons. The largest absolute Gasteiger partial charge is 0.341 e. The molecule has 2 atom stereocenters. The Balaban J connectivity index is 1.24. The van der Waals surface area contributed by atoms with Gasteiger partial charge in [-0.2, -0.15) is 0 Å². The van der Waals surface area contributed by atoms with Gasteiger partial charge < -0.3 is 20.6 Å². The standard InChI is InChI=1S/C28H32N6/c1-17-13-19(25-15-31-27(33-25)23-5-3-11-29-23)7-9-21(17)22-10-8-20(14-18(22)2)26-16-32-28(34-26)24-6-4-12-30-24/h7-10,13-16,23-24,29-30H,3-6,11-12H2,1-2H3,(H,31,33)(H,32,34)/t23-,24-/m0/s1. The van der Waals surface area contributed by atoms with E-state index in [-0.39, 0.29) is 0 Å². The first kappa shape index (κ1) is 21.3. The Bertz CT molecular complexity index is 1200. The predicted molar refractivity (Wildman–Crippen MR) is 136 cm³/mol. The average Bonchev–Trinajstić information content (AvgIpc) is 3.65. The van der Waals surface area contributed by atoms with Crippen molar-refractivity contribution in [3.63, 3.8) is 0 Å². The third-order valence-corrected chi connectivity index (χ3v) is 7.34. The molecule has 4 aromatic rings. The van der Waals surface area contributed by atoms with Crippen LogP contribution in [0.4, 0.5) is 0 Å². The molecule has 0 saturated carbocycles. The van der Waals surface area contributed by atoms with Gasteiger partial charge in [-0.15, -0.1) is 0 Å². The number of nitrogens with zero attached hydrogens (tertiary/aromatic N) is 2. The molecule has 0 amide bonds. The summed E-state index contributed by atoms with van der Waals surface area (Å²) in [7, 11) is 0. The van der Waals surface area contributed by atoms with Gasteiger partial charge >= 0.3 is 0 Å². The van der Waals surface area contributed by atoms with Crippen LogP contribution in [-0.4, -0.2) is 33.0 Å². The molecule has 0 radical (unpaired) electrons. The highest BCUT2D eigenvalue weighted by Crippen LogP contribution is 2.33. The number of aromatic nitrogens is 4. The van der Waals surface area contributed by atoms with Gasteiger partial charge in [0, 0.05) is 0 Å². The number of aromatic amines is 2. The first-order valence-electron chi connectivity index (χ1n) is 12.4.